The monoisotopic (exact) mass is 368 g/mol. The van der Waals surface area contributed by atoms with E-state index in [0.717, 1.165) is 6.07 Å². The Kier molecular flexibility index (Phi) is 3.21. The summed E-state index contributed by atoms with van der Waals surface area (Å²) >= 11 is 4.35. The molecular formula is C7H2BrF4I. The average Bonchev–Trinajstić information content (AvgIpc) is 1.78. The lowest BCUT2D eigenvalue weighted by atomic mass is 10.2. The van der Waals surface area contributed by atoms with Gasteiger partial charge in [-0.3, -0.25) is 0 Å². The van der Waals surface area contributed by atoms with E-state index in [1.54, 1.807) is 0 Å². The first-order valence-corrected chi connectivity index (χ1v) is 4.91. The predicted octanol–water partition coefficient (Wildman–Crippen LogP) is 4.21. The van der Waals surface area contributed by atoms with E-state index >= 15 is 0 Å². The minimum atomic E-state index is -4.64. The molecule has 0 N–H and O–H groups in total. The maximum atomic E-state index is 12.9. The Labute approximate surface area is 93.6 Å². The molecule has 0 saturated carbocycles. The lowest BCUT2D eigenvalue weighted by molar-refractivity contribution is -0.140. The largest absolute Gasteiger partial charge is 0.420 e. The number of alkyl halides is 3. The molecular weight excluding hydrogens is 367 g/mol. The molecule has 0 unspecified atom stereocenters. The predicted molar refractivity (Wildman–Crippen MR) is 51.8 cm³/mol. The van der Waals surface area contributed by atoms with Gasteiger partial charge in [0.2, 0.25) is 0 Å². The molecule has 1 rings (SSSR count). The zero-order valence-electron chi connectivity index (χ0n) is 5.92. The summed E-state index contributed by atoms with van der Waals surface area (Å²) < 4.78 is 49.5. The van der Waals surface area contributed by atoms with Crippen LogP contribution in [0.3, 0.4) is 0 Å². The molecule has 0 bridgehead atoms. The highest BCUT2D eigenvalue weighted by Gasteiger charge is 2.36. The zero-order valence-corrected chi connectivity index (χ0v) is 9.67. The Hall–Kier alpha value is 0.150. The van der Waals surface area contributed by atoms with Gasteiger partial charge >= 0.3 is 6.18 Å². The van der Waals surface area contributed by atoms with Crippen LogP contribution in [-0.2, 0) is 6.18 Å². The lowest BCUT2D eigenvalue weighted by Crippen LogP contribution is -2.10. The minimum absolute atomic E-state index is 0.156. The van der Waals surface area contributed by atoms with Gasteiger partial charge in [-0.2, -0.15) is 13.2 Å². The van der Waals surface area contributed by atoms with Crippen LogP contribution >= 0.6 is 38.5 Å². The van der Waals surface area contributed by atoms with Gasteiger partial charge in [-0.1, -0.05) is 15.9 Å². The second kappa shape index (κ2) is 3.72. The van der Waals surface area contributed by atoms with Crippen LogP contribution in [0.15, 0.2) is 16.6 Å². The van der Waals surface area contributed by atoms with Crippen molar-refractivity contribution in [3.8, 4) is 0 Å². The molecule has 0 radical (unpaired) electrons. The maximum Gasteiger partial charge on any atom is 0.420 e. The van der Waals surface area contributed by atoms with E-state index in [1.165, 1.54) is 28.7 Å². The van der Waals surface area contributed by atoms with Crippen LogP contribution in [0.5, 0.6) is 0 Å². The Morgan fingerprint density at radius 2 is 1.77 bits per heavy atom. The van der Waals surface area contributed by atoms with E-state index in [0.29, 0.717) is 4.47 Å². The molecule has 1 aromatic carbocycles. The first-order chi connectivity index (χ1) is 5.82. The number of benzene rings is 1. The minimum Gasteiger partial charge on any atom is -0.206 e. The van der Waals surface area contributed by atoms with E-state index in [-0.39, 0.29) is 3.57 Å². The molecule has 0 aromatic heterocycles. The van der Waals surface area contributed by atoms with Crippen LogP contribution in [0.4, 0.5) is 17.6 Å². The SMILES string of the molecule is Fc1cc(Br)cc(I)c1C(F)(F)F. The molecule has 0 heterocycles. The summed E-state index contributed by atoms with van der Waals surface area (Å²) in [5.74, 6) is -1.26. The zero-order chi connectivity index (χ0) is 10.2. The third-order valence-corrected chi connectivity index (χ3v) is 2.60. The number of halogens is 6. The molecule has 0 spiro atoms. The summed E-state index contributed by atoms with van der Waals surface area (Å²) in [5, 5.41) is 0. The van der Waals surface area contributed by atoms with Gasteiger partial charge in [-0.15, -0.1) is 0 Å². The molecule has 6 heteroatoms. The van der Waals surface area contributed by atoms with Crippen LogP contribution < -0.4 is 0 Å². The second-order valence-corrected chi connectivity index (χ2v) is 4.32. The van der Waals surface area contributed by atoms with E-state index in [1.807, 2.05) is 0 Å². The Bertz CT molecular complexity index is 311. The van der Waals surface area contributed by atoms with E-state index in [2.05, 4.69) is 15.9 Å². The van der Waals surface area contributed by atoms with Crippen molar-refractivity contribution < 1.29 is 17.6 Å². The fourth-order valence-corrected chi connectivity index (χ4v) is 2.57. The number of rotatable bonds is 0. The standard InChI is InChI=1S/C7H2BrF4I/c8-3-1-4(9)6(5(13)2-3)7(10,11)12/h1-2H. The third kappa shape index (κ3) is 2.55. The molecule has 72 valence electrons. The fraction of sp³-hybridized carbons (Fsp3) is 0.143. The second-order valence-electron chi connectivity index (χ2n) is 2.24. The molecule has 0 amide bonds. The third-order valence-electron chi connectivity index (χ3n) is 1.29. The molecule has 0 aliphatic heterocycles. The van der Waals surface area contributed by atoms with Crippen LogP contribution in [0, 0.1) is 9.39 Å². The number of hydrogen-bond donors (Lipinski definition) is 0. The van der Waals surface area contributed by atoms with Gasteiger partial charge in [0.25, 0.3) is 0 Å². The molecule has 0 nitrogen and oxygen atoms in total. The average molecular weight is 369 g/mol. The molecule has 13 heavy (non-hydrogen) atoms. The Morgan fingerprint density at radius 1 is 1.23 bits per heavy atom. The first kappa shape index (κ1) is 11.2. The molecule has 1 aromatic rings. The van der Waals surface area contributed by atoms with Gasteiger partial charge < -0.3 is 0 Å². The molecule has 0 saturated heterocycles. The van der Waals surface area contributed by atoms with Gasteiger partial charge in [0.05, 0.1) is 0 Å². The van der Waals surface area contributed by atoms with Crippen molar-refractivity contribution in [2.45, 2.75) is 6.18 Å². The molecule has 0 aliphatic carbocycles. The van der Waals surface area contributed by atoms with Crippen molar-refractivity contribution in [3.63, 3.8) is 0 Å². The smallest absolute Gasteiger partial charge is 0.206 e. The van der Waals surface area contributed by atoms with Crippen LogP contribution in [0.25, 0.3) is 0 Å². The highest BCUT2D eigenvalue weighted by molar-refractivity contribution is 14.1. The highest BCUT2D eigenvalue weighted by atomic mass is 127. The van der Waals surface area contributed by atoms with Gasteiger partial charge in [0, 0.05) is 8.04 Å². The maximum absolute atomic E-state index is 12.9. The van der Waals surface area contributed by atoms with Gasteiger partial charge in [0.1, 0.15) is 11.4 Å². The van der Waals surface area contributed by atoms with Crippen molar-refractivity contribution in [1.82, 2.24) is 0 Å². The molecule has 0 aliphatic rings. The first-order valence-electron chi connectivity index (χ1n) is 3.04. The van der Waals surface area contributed by atoms with Crippen molar-refractivity contribution in [3.05, 3.63) is 31.6 Å². The van der Waals surface area contributed by atoms with E-state index in [4.69, 9.17) is 0 Å². The van der Waals surface area contributed by atoms with E-state index < -0.39 is 17.6 Å². The van der Waals surface area contributed by atoms with Gasteiger partial charge in [-0.05, 0) is 34.7 Å². The summed E-state index contributed by atoms with van der Waals surface area (Å²) in [4.78, 5) is 0. The fourth-order valence-electron chi connectivity index (χ4n) is 0.813. The van der Waals surface area contributed by atoms with Gasteiger partial charge in [-0.25, -0.2) is 4.39 Å². The summed E-state index contributed by atoms with van der Waals surface area (Å²) in [5.41, 5.74) is -1.21. The number of hydrogen-bond acceptors (Lipinski definition) is 0. The van der Waals surface area contributed by atoms with Crippen LogP contribution in [0.1, 0.15) is 5.56 Å². The summed E-state index contributed by atoms with van der Waals surface area (Å²) in [6.45, 7) is 0. The molecule has 0 atom stereocenters. The summed E-state index contributed by atoms with van der Waals surface area (Å²) in [6.07, 6.45) is -4.64. The van der Waals surface area contributed by atoms with E-state index in [9.17, 15) is 17.6 Å². The quantitative estimate of drug-likeness (QED) is 0.475. The highest BCUT2D eigenvalue weighted by Crippen LogP contribution is 2.36. The van der Waals surface area contributed by atoms with Crippen molar-refractivity contribution in [1.29, 1.82) is 0 Å². The van der Waals surface area contributed by atoms with Crippen molar-refractivity contribution in [2.75, 3.05) is 0 Å². The lowest BCUT2D eigenvalue weighted by Gasteiger charge is -2.10. The molecule has 0 fully saturated rings. The normalized spacial score (nSPS) is 11.8. The van der Waals surface area contributed by atoms with Crippen LogP contribution in [0.2, 0.25) is 0 Å². The Morgan fingerprint density at radius 3 is 2.15 bits per heavy atom. The summed E-state index contributed by atoms with van der Waals surface area (Å²) in [6, 6.07) is 2.01. The topological polar surface area (TPSA) is 0 Å². The van der Waals surface area contributed by atoms with Crippen molar-refractivity contribution in [2.24, 2.45) is 0 Å². The van der Waals surface area contributed by atoms with Crippen LogP contribution in [-0.4, -0.2) is 0 Å². The van der Waals surface area contributed by atoms with Crippen molar-refractivity contribution >= 4 is 38.5 Å². The Balaban J connectivity index is 3.38. The summed E-state index contributed by atoms with van der Waals surface area (Å²) in [7, 11) is 0. The van der Waals surface area contributed by atoms with Gasteiger partial charge in [0.15, 0.2) is 0 Å².